The molecule has 0 bridgehead atoms. The Morgan fingerprint density at radius 2 is 2.16 bits per heavy atom. The van der Waals surface area contributed by atoms with Crippen molar-refractivity contribution in [3.05, 3.63) is 34.8 Å². The van der Waals surface area contributed by atoms with E-state index in [0.717, 1.165) is 28.2 Å². The average Bonchev–Trinajstić information content (AvgIpc) is 3.19. The highest BCUT2D eigenvalue weighted by atomic mass is 32.2. The van der Waals surface area contributed by atoms with E-state index < -0.39 is 35.6 Å². The third-order valence-corrected chi connectivity index (χ3v) is 6.48. The van der Waals surface area contributed by atoms with Gasteiger partial charge in [0.1, 0.15) is 11.7 Å². The molecule has 0 spiro atoms. The molecule has 2 aromatic rings. The van der Waals surface area contributed by atoms with Gasteiger partial charge in [0, 0.05) is 33.6 Å². The number of thioether (sulfide) groups is 1. The van der Waals surface area contributed by atoms with Gasteiger partial charge < -0.3 is 26.5 Å². The molecule has 0 saturated carbocycles. The van der Waals surface area contributed by atoms with Gasteiger partial charge in [0.25, 0.3) is 11.8 Å². The molecule has 166 valence electrons. The molecule has 2 atom stereocenters. The third kappa shape index (κ3) is 3.82. The van der Waals surface area contributed by atoms with Crippen LogP contribution in [0.15, 0.2) is 39.0 Å². The molecule has 1 fully saturated rings. The number of nitrogens with two attached hydrogens (primary N) is 1. The summed E-state index contributed by atoms with van der Waals surface area (Å²) < 4.78 is 3.80. The van der Waals surface area contributed by atoms with E-state index in [9.17, 15) is 29.8 Å². The standard InChI is InChI=1S/C17H15N7O6S2/c18-17-21-13(23-32-17)11(22-30)14(26)20-10-7-2-3-8(12(16(28)29)24(7)15(10)27)31-6-1-4-9(25)19-5-6/h1,4-5,7,10,30H,2-3H2,(H,19,25)(H,20,26)(H,28,29)(H2,18,21,23)/b22-11-/t7?,10-/m0/s1. The van der Waals surface area contributed by atoms with Gasteiger partial charge in [-0.1, -0.05) is 16.9 Å². The van der Waals surface area contributed by atoms with Gasteiger partial charge in [0.15, 0.2) is 5.13 Å². The molecule has 4 heterocycles. The van der Waals surface area contributed by atoms with E-state index in [0.29, 0.717) is 22.6 Å². The summed E-state index contributed by atoms with van der Waals surface area (Å²) in [6.07, 6.45) is 2.14. The molecule has 13 nitrogen and oxygen atoms in total. The molecule has 1 unspecified atom stereocenters. The topological polar surface area (TPSA) is 204 Å². The average molecular weight is 477 g/mol. The van der Waals surface area contributed by atoms with Crippen molar-refractivity contribution in [3.63, 3.8) is 0 Å². The minimum Gasteiger partial charge on any atom is -0.493 e. The van der Waals surface area contributed by atoms with Crippen LogP contribution in [0.4, 0.5) is 5.13 Å². The first-order chi connectivity index (χ1) is 15.3. The number of hydrogen-bond donors (Lipinski definition) is 5. The van der Waals surface area contributed by atoms with Gasteiger partial charge in [-0.15, -0.1) is 0 Å². The van der Waals surface area contributed by atoms with E-state index in [1.54, 1.807) is 6.07 Å². The quantitative estimate of drug-likeness (QED) is 0.162. The van der Waals surface area contributed by atoms with E-state index in [1.807, 2.05) is 0 Å². The maximum Gasteiger partial charge on any atom is 0.353 e. The lowest BCUT2D eigenvalue weighted by atomic mass is 9.86. The van der Waals surface area contributed by atoms with Crippen molar-refractivity contribution >= 4 is 51.9 Å². The summed E-state index contributed by atoms with van der Waals surface area (Å²) in [5.41, 5.74) is 4.80. The van der Waals surface area contributed by atoms with Crippen LogP contribution in [0.1, 0.15) is 18.7 Å². The molecular weight excluding hydrogens is 462 g/mol. The Hall–Kier alpha value is -3.72. The number of rotatable bonds is 6. The van der Waals surface area contributed by atoms with Crippen LogP contribution in [0.25, 0.3) is 0 Å². The number of nitrogen functional groups attached to an aromatic ring is 1. The van der Waals surface area contributed by atoms with Crippen LogP contribution >= 0.6 is 23.3 Å². The highest BCUT2D eigenvalue weighted by molar-refractivity contribution is 8.03. The smallest absolute Gasteiger partial charge is 0.353 e. The zero-order valence-corrected chi connectivity index (χ0v) is 17.6. The number of carboxylic acid groups (broad SMARTS) is 1. The fourth-order valence-corrected chi connectivity index (χ4v) is 4.90. The number of β-lactam (4-membered cyclic amide) rings is 1. The molecule has 0 aromatic carbocycles. The zero-order valence-electron chi connectivity index (χ0n) is 16.0. The first-order valence-corrected chi connectivity index (χ1v) is 10.6. The number of amides is 2. The number of hydrogen-bond acceptors (Lipinski definition) is 12. The number of aromatic nitrogens is 3. The van der Waals surface area contributed by atoms with Crippen LogP contribution < -0.4 is 11.1 Å². The monoisotopic (exact) mass is 477 g/mol. The molecule has 2 aliphatic rings. The zero-order chi connectivity index (χ0) is 23.0. The van der Waals surface area contributed by atoms with Crippen LogP contribution in [0.5, 0.6) is 5.88 Å². The minimum absolute atomic E-state index is 0.0669. The molecular formula is C17H15N7O6S2. The number of aromatic hydroxyl groups is 1. The van der Waals surface area contributed by atoms with Crippen LogP contribution in [0.3, 0.4) is 0 Å². The second-order valence-electron chi connectivity index (χ2n) is 6.70. The number of nitrogens with zero attached hydrogens (tertiary/aromatic N) is 5. The molecule has 6 N–H and O–H groups in total. The number of oxime groups is 1. The molecule has 32 heavy (non-hydrogen) atoms. The Morgan fingerprint density at radius 3 is 2.75 bits per heavy atom. The predicted molar refractivity (Wildman–Crippen MR) is 111 cm³/mol. The van der Waals surface area contributed by atoms with Crippen molar-refractivity contribution in [2.45, 2.75) is 29.8 Å². The SMILES string of the molecule is Nc1nc(/C(=N/O)C(=O)N[C@@H]2C(=O)N3C(C(=O)O)=C(Sc4ccc(O)nc4)CCC23)ns1. The van der Waals surface area contributed by atoms with E-state index in [1.165, 1.54) is 12.3 Å². The second kappa shape index (κ2) is 8.43. The Kier molecular flexibility index (Phi) is 5.67. The lowest BCUT2D eigenvalue weighted by molar-refractivity contribution is -0.155. The van der Waals surface area contributed by atoms with Crippen molar-refractivity contribution in [2.75, 3.05) is 5.73 Å². The van der Waals surface area contributed by atoms with Gasteiger partial charge in [-0.2, -0.15) is 9.36 Å². The van der Waals surface area contributed by atoms with Crippen LogP contribution in [0.2, 0.25) is 0 Å². The number of carboxylic acids is 1. The van der Waals surface area contributed by atoms with Crippen molar-refractivity contribution < 1.29 is 29.8 Å². The molecule has 2 aromatic heterocycles. The van der Waals surface area contributed by atoms with Gasteiger partial charge in [-0.3, -0.25) is 14.5 Å². The normalized spacial score (nSPS) is 20.6. The number of pyridine rings is 1. The Bertz CT molecular complexity index is 1160. The molecule has 0 radical (unpaired) electrons. The second-order valence-corrected chi connectivity index (χ2v) is 8.65. The molecule has 4 rings (SSSR count). The van der Waals surface area contributed by atoms with Crippen molar-refractivity contribution in [3.8, 4) is 5.88 Å². The fourth-order valence-electron chi connectivity index (χ4n) is 3.44. The Balaban J connectivity index is 1.52. The number of carbonyl (C=O) groups excluding carboxylic acids is 2. The maximum atomic E-state index is 12.7. The summed E-state index contributed by atoms with van der Waals surface area (Å²) in [4.78, 5) is 46.9. The van der Waals surface area contributed by atoms with Gasteiger partial charge in [0.05, 0.1) is 6.04 Å². The molecule has 0 aliphatic carbocycles. The van der Waals surface area contributed by atoms with Gasteiger partial charge in [0.2, 0.25) is 17.4 Å². The highest BCUT2D eigenvalue weighted by Gasteiger charge is 2.53. The molecule has 2 amide bonds. The third-order valence-electron chi connectivity index (χ3n) is 4.81. The fraction of sp³-hybridized carbons (Fsp3) is 0.235. The molecule has 1 saturated heterocycles. The van der Waals surface area contributed by atoms with Crippen molar-refractivity contribution in [2.24, 2.45) is 5.16 Å². The van der Waals surface area contributed by atoms with Crippen LogP contribution in [-0.2, 0) is 14.4 Å². The first-order valence-electron chi connectivity index (χ1n) is 9.05. The number of anilines is 1. The first kappa shape index (κ1) is 21.5. The van der Waals surface area contributed by atoms with E-state index in [-0.39, 0.29) is 22.5 Å². The summed E-state index contributed by atoms with van der Waals surface area (Å²) in [6, 6.07) is 1.39. The van der Waals surface area contributed by atoms with Gasteiger partial charge in [-0.05, 0) is 18.9 Å². The lowest BCUT2D eigenvalue weighted by Gasteiger charge is -2.50. The summed E-state index contributed by atoms with van der Waals surface area (Å²) in [6.45, 7) is 0. The Labute approximate surface area is 187 Å². The van der Waals surface area contributed by atoms with Crippen LogP contribution in [-0.4, -0.2) is 70.2 Å². The van der Waals surface area contributed by atoms with Gasteiger partial charge >= 0.3 is 5.97 Å². The number of nitrogens with one attached hydrogen (secondary N) is 1. The predicted octanol–water partition coefficient (Wildman–Crippen LogP) is -0.0229. The van der Waals surface area contributed by atoms with Gasteiger partial charge in [-0.25, -0.2) is 9.78 Å². The summed E-state index contributed by atoms with van der Waals surface area (Å²) in [5, 5.41) is 33.6. The largest absolute Gasteiger partial charge is 0.493 e. The molecule has 15 heteroatoms. The number of allylic oxidation sites excluding steroid dienone is 1. The Morgan fingerprint density at radius 1 is 1.38 bits per heavy atom. The highest BCUT2D eigenvalue weighted by Crippen LogP contribution is 2.43. The minimum atomic E-state index is -1.28. The maximum absolute atomic E-state index is 12.7. The summed E-state index contributed by atoms with van der Waals surface area (Å²) >= 11 is 1.94. The van der Waals surface area contributed by atoms with E-state index in [2.05, 4.69) is 24.8 Å². The van der Waals surface area contributed by atoms with E-state index in [4.69, 9.17) is 5.73 Å². The number of aliphatic carboxylic acids is 1. The number of fused-ring (bicyclic) bond motifs is 1. The molecule has 2 aliphatic heterocycles. The summed E-state index contributed by atoms with van der Waals surface area (Å²) in [7, 11) is 0. The van der Waals surface area contributed by atoms with Crippen molar-refractivity contribution in [1.29, 1.82) is 0 Å². The number of carbonyl (C=O) groups is 3. The lowest BCUT2D eigenvalue weighted by Crippen LogP contribution is -2.72. The van der Waals surface area contributed by atoms with Crippen LogP contribution in [0, 0.1) is 0 Å². The summed E-state index contributed by atoms with van der Waals surface area (Å²) in [5.74, 6) is -3.12. The van der Waals surface area contributed by atoms with E-state index >= 15 is 0 Å². The van der Waals surface area contributed by atoms with Crippen molar-refractivity contribution in [1.82, 2.24) is 24.6 Å².